The molecule has 0 atom stereocenters. The molecule has 1 heterocycles. The van der Waals surface area contributed by atoms with Crippen molar-refractivity contribution in [3.63, 3.8) is 0 Å². The van der Waals surface area contributed by atoms with E-state index in [0.29, 0.717) is 5.75 Å². The van der Waals surface area contributed by atoms with Crippen molar-refractivity contribution < 1.29 is 24.5 Å². The van der Waals surface area contributed by atoms with Crippen molar-refractivity contribution in [2.45, 2.75) is 0 Å². The summed E-state index contributed by atoms with van der Waals surface area (Å²) in [7, 11) is 0. The van der Waals surface area contributed by atoms with Gasteiger partial charge in [0.15, 0.2) is 6.61 Å². The van der Waals surface area contributed by atoms with E-state index < -0.39 is 23.2 Å². The van der Waals surface area contributed by atoms with Gasteiger partial charge in [-0.15, -0.1) is 0 Å². The molecule has 0 aliphatic carbocycles. The molecule has 0 saturated carbocycles. The minimum Gasteiger partial charge on any atom is -0.482 e. The van der Waals surface area contributed by atoms with Gasteiger partial charge in [-0.3, -0.25) is 9.78 Å². The molecule has 0 fully saturated rings. The molecule has 4 N–H and O–H groups in total. The summed E-state index contributed by atoms with van der Waals surface area (Å²) in [6.07, 6.45) is 0. The topological polar surface area (TPSA) is 150 Å². The standard InChI is InChI=1S/C8H7BrO3.C5H3IN2O4/c9-6-1-3-7(4-2-6)12-5-8(10)11;6-1-2(4(10)11)7-5(12)8-3(1)9/h1-4H,5H2,(H,10,11);(H,10,11)(H2,7,8,9,12). The van der Waals surface area contributed by atoms with Crippen LogP contribution in [-0.4, -0.2) is 38.7 Å². The monoisotopic (exact) mass is 512 g/mol. The fourth-order valence-electron chi connectivity index (χ4n) is 1.29. The number of rotatable bonds is 4. The number of ether oxygens (including phenoxy) is 1. The molecule has 0 unspecified atom stereocenters. The smallest absolute Gasteiger partial charge is 0.353 e. The predicted molar refractivity (Wildman–Crippen MR) is 94.6 cm³/mol. The Morgan fingerprint density at radius 3 is 2.21 bits per heavy atom. The molecule has 1 aromatic carbocycles. The van der Waals surface area contributed by atoms with Crippen molar-refractivity contribution in [1.82, 2.24) is 9.97 Å². The number of carboxylic acid groups (broad SMARTS) is 2. The van der Waals surface area contributed by atoms with E-state index in [0.717, 1.165) is 4.47 Å². The van der Waals surface area contributed by atoms with Gasteiger partial charge in [0.05, 0.1) is 0 Å². The first-order valence-electron chi connectivity index (χ1n) is 6.06. The largest absolute Gasteiger partial charge is 0.482 e. The van der Waals surface area contributed by atoms with Crippen LogP contribution in [0.4, 0.5) is 0 Å². The first kappa shape index (κ1) is 19.9. The summed E-state index contributed by atoms with van der Waals surface area (Å²) in [5.74, 6) is -1.75. The van der Waals surface area contributed by atoms with Crippen molar-refractivity contribution in [2.75, 3.05) is 6.61 Å². The summed E-state index contributed by atoms with van der Waals surface area (Å²) < 4.78 is 5.80. The maximum atomic E-state index is 10.8. The van der Waals surface area contributed by atoms with E-state index in [1.165, 1.54) is 0 Å². The highest BCUT2D eigenvalue weighted by atomic mass is 127. The van der Waals surface area contributed by atoms with E-state index in [9.17, 15) is 19.2 Å². The molecule has 0 saturated heterocycles. The second-order valence-electron chi connectivity index (χ2n) is 4.04. The fourth-order valence-corrected chi connectivity index (χ4v) is 2.06. The molecule has 0 radical (unpaired) electrons. The zero-order valence-electron chi connectivity index (χ0n) is 11.7. The van der Waals surface area contributed by atoms with Crippen molar-refractivity contribution >= 4 is 50.5 Å². The van der Waals surface area contributed by atoms with Crippen molar-refractivity contribution in [1.29, 1.82) is 0 Å². The van der Waals surface area contributed by atoms with Crippen LogP contribution in [0.25, 0.3) is 0 Å². The third kappa shape index (κ3) is 6.54. The number of hydrogen-bond donors (Lipinski definition) is 4. The number of H-pyrrole nitrogens is 2. The first-order valence-corrected chi connectivity index (χ1v) is 7.93. The summed E-state index contributed by atoms with van der Waals surface area (Å²) in [4.78, 5) is 45.8. The summed E-state index contributed by atoms with van der Waals surface area (Å²) in [6, 6.07) is 6.98. The molecule has 24 heavy (non-hydrogen) atoms. The number of aromatic carboxylic acids is 1. The molecule has 0 bridgehead atoms. The average molecular weight is 513 g/mol. The Bertz CT molecular complexity index is 845. The van der Waals surface area contributed by atoms with E-state index in [1.807, 2.05) is 9.97 Å². The average Bonchev–Trinajstić information content (AvgIpc) is 2.50. The molecule has 11 heteroatoms. The summed E-state index contributed by atoms with van der Waals surface area (Å²) in [6.45, 7) is -0.304. The SMILES string of the molecule is O=C(O)COc1ccc(Br)cc1.O=C(O)c1[nH]c(=O)[nH]c(=O)c1I. The molecule has 0 aliphatic heterocycles. The van der Waals surface area contributed by atoms with Gasteiger partial charge in [0.25, 0.3) is 5.56 Å². The lowest BCUT2D eigenvalue weighted by Gasteiger charge is -2.01. The van der Waals surface area contributed by atoms with Crippen LogP contribution in [0.5, 0.6) is 5.75 Å². The molecule has 2 rings (SSSR count). The van der Waals surface area contributed by atoms with Crippen molar-refractivity contribution in [3.8, 4) is 5.75 Å². The molecule has 1 aromatic heterocycles. The van der Waals surface area contributed by atoms with E-state index in [4.69, 9.17) is 14.9 Å². The molecule has 0 spiro atoms. The van der Waals surface area contributed by atoms with Crippen LogP contribution < -0.4 is 16.0 Å². The van der Waals surface area contributed by atoms with Gasteiger partial charge in [-0.1, -0.05) is 15.9 Å². The Hall–Kier alpha value is -2.15. The Morgan fingerprint density at radius 1 is 1.12 bits per heavy atom. The van der Waals surface area contributed by atoms with E-state index in [1.54, 1.807) is 46.9 Å². The number of carbonyl (C=O) groups is 2. The first-order chi connectivity index (χ1) is 11.2. The lowest BCUT2D eigenvalue weighted by Crippen LogP contribution is -2.28. The van der Waals surface area contributed by atoms with Gasteiger partial charge in [-0.2, -0.15) is 0 Å². The summed E-state index contributed by atoms with van der Waals surface area (Å²) in [5, 5.41) is 16.8. The van der Waals surface area contributed by atoms with Crippen molar-refractivity contribution in [3.05, 3.63) is 58.8 Å². The van der Waals surface area contributed by atoms with Crippen LogP contribution in [0.1, 0.15) is 10.5 Å². The van der Waals surface area contributed by atoms with Crippen LogP contribution in [0, 0.1) is 3.57 Å². The minimum atomic E-state index is -1.33. The normalized spacial score (nSPS) is 9.58. The highest BCUT2D eigenvalue weighted by Gasteiger charge is 2.12. The van der Waals surface area contributed by atoms with Gasteiger partial charge in [0.1, 0.15) is 15.0 Å². The number of hydrogen-bond acceptors (Lipinski definition) is 5. The fraction of sp³-hybridized carbons (Fsp3) is 0.0769. The van der Waals surface area contributed by atoms with Gasteiger partial charge in [0.2, 0.25) is 0 Å². The lowest BCUT2D eigenvalue weighted by atomic mass is 10.3. The third-order valence-corrected chi connectivity index (χ3v) is 3.83. The zero-order valence-corrected chi connectivity index (χ0v) is 15.5. The number of carboxylic acids is 2. The van der Waals surface area contributed by atoms with E-state index in [2.05, 4.69) is 15.9 Å². The number of aliphatic carboxylic acids is 1. The molecule has 9 nitrogen and oxygen atoms in total. The summed E-state index contributed by atoms with van der Waals surface area (Å²) in [5.41, 5.74) is -1.90. The van der Waals surface area contributed by atoms with Gasteiger partial charge in [-0.05, 0) is 46.9 Å². The maximum absolute atomic E-state index is 10.8. The van der Waals surface area contributed by atoms with Crippen LogP contribution in [0.2, 0.25) is 0 Å². The summed E-state index contributed by atoms with van der Waals surface area (Å²) >= 11 is 4.80. The van der Waals surface area contributed by atoms with E-state index >= 15 is 0 Å². The maximum Gasteiger partial charge on any atom is 0.353 e. The van der Waals surface area contributed by atoms with Gasteiger partial charge >= 0.3 is 17.6 Å². The molecule has 2 aromatic rings. The number of aromatic amines is 2. The number of halogens is 2. The Balaban J connectivity index is 0.000000240. The highest BCUT2D eigenvalue weighted by Crippen LogP contribution is 2.15. The molecular formula is C13H10BrIN2O7. The van der Waals surface area contributed by atoms with Crippen LogP contribution in [-0.2, 0) is 4.79 Å². The van der Waals surface area contributed by atoms with Crippen LogP contribution in [0.3, 0.4) is 0 Å². The van der Waals surface area contributed by atoms with Gasteiger partial charge < -0.3 is 19.9 Å². The van der Waals surface area contributed by atoms with Crippen LogP contribution >= 0.6 is 38.5 Å². The molecular weight excluding hydrogens is 503 g/mol. The second kappa shape index (κ2) is 9.22. The van der Waals surface area contributed by atoms with E-state index in [-0.39, 0.29) is 15.9 Å². The number of benzene rings is 1. The van der Waals surface area contributed by atoms with Crippen molar-refractivity contribution in [2.24, 2.45) is 0 Å². The lowest BCUT2D eigenvalue weighted by molar-refractivity contribution is -0.139. The highest BCUT2D eigenvalue weighted by molar-refractivity contribution is 14.1. The minimum absolute atomic E-state index is 0.0419. The van der Waals surface area contributed by atoms with Gasteiger partial charge in [-0.25, -0.2) is 14.4 Å². The number of aromatic nitrogens is 2. The second-order valence-corrected chi connectivity index (χ2v) is 6.03. The number of nitrogens with one attached hydrogen (secondary N) is 2. The molecule has 128 valence electrons. The quantitative estimate of drug-likeness (QED) is 0.450. The molecule has 0 amide bonds. The Morgan fingerprint density at radius 2 is 1.71 bits per heavy atom. The Kier molecular flexibility index (Phi) is 7.64. The predicted octanol–water partition coefficient (Wildman–Crippen LogP) is 1.28. The zero-order chi connectivity index (χ0) is 18.3. The molecule has 0 aliphatic rings. The van der Waals surface area contributed by atoms with Crippen LogP contribution in [0.15, 0.2) is 38.3 Å². The third-order valence-electron chi connectivity index (χ3n) is 2.27. The van der Waals surface area contributed by atoms with Gasteiger partial charge in [0, 0.05) is 4.47 Å². The Labute approximate surface area is 156 Å².